The van der Waals surface area contributed by atoms with E-state index in [9.17, 15) is 0 Å². The number of hydrogen-bond donors (Lipinski definition) is 1. The zero-order chi connectivity index (χ0) is 24.8. The number of ether oxygens (including phenoxy) is 2. The molecule has 2 unspecified atom stereocenters. The summed E-state index contributed by atoms with van der Waals surface area (Å²) in [5.74, 6) is 2.58. The molecule has 1 fully saturated rings. The first kappa shape index (κ1) is 22.9. The molecule has 1 saturated heterocycles. The smallest absolute Gasteiger partial charge is 0.148 e. The zero-order valence-corrected chi connectivity index (χ0v) is 21.2. The van der Waals surface area contributed by atoms with Gasteiger partial charge in [0.25, 0.3) is 0 Å². The lowest BCUT2D eigenvalue weighted by Crippen LogP contribution is -2.31. The SMILES string of the molecule is Cc1nc2ccc(Oc3ccc4ncc(-c5cnn(CC6CC(C)OC(C)C6)c5)nc4c3Cl)cc2[nH]1. The molecule has 5 aromatic rings. The van der Waals surface area contributed by atoms with Crippen LogP contribution in [0, 0.1) is 12.8 Å². The Balaban J connectivity index is 1.25. The Morgan fingerprint density at radius 1 is 1.08 bits per heavy atom. The molecule has 0 spiro atoms. The van der Waals surface area contributed by atoms with Gasteiger partial charge in [0, 0.05) is 24.4 Å². The van der Waals surface area contributed by atoms with Crippen molar-refractivity contribution in [1.82, 2.24) is 29.7 Å². The monoisotopic (exact) mass is 502 g/mol. The van der Waals surface area contributed by atoms with Gasteiger partial charge in [-0.05, 0) is 63.8 Å². The lowest BCUT2D eigenvalue weighted by molar-refractivity contribution is -0.0553. The van der Waals surface area contributed by atoms with Gasteiger partial charge in [0.05, 0.1) is 46.8 Å². The first-order valence-corrected chi connectivity index (χ1v) is 12.6. The number of rotatable bonds is 5. The molecule has 9 heteroatoms. The number of nitrogens with zero attached hydrogens (tertiary/aromatic N) is 5. The van der Waals surface area contributed by atoms with Crippen molar-refractivity contribution in [1.29, 1.82) is 0 Å². The van der Waals surface area contributed by atoms with E-state index < -0.39 is 0 Å². The van der Waals surface area contributed by atoms with Crippen LogP contribution in [-0.2, 0) is 11.3 Å². The van der Waals surface area contributed by atoms with E-state index in [2.05, 4.69) is 33.9 Å². The molecule has 1 aliphatic rings. The van der Waals surface area contributed by atoms with E-state index in [0.29, 0.717) is 33.5 Å². The predicted octanol–water partition coefficient (Wildman–Crippen LogP) is 6.33. The Labute approximate surface area is 213 Å². The second-order valence-electron chi connectivity index (χ2n) is 9.65. The highest BCUT2D eigenvalue weighted by Gasteiger charge is 2.25. The van der Waals surface area contributed by atoms with Gasteiger partial charge < -0.3 is 14.5 Å². The minimum Gasteiger partial charge on any atom is -0.456 e. The lowest BCUT2D eigenvalue weighted by Gasteiger charge is -2.31. The number of benzene rings is 2. The first-order valence-electron chi connectivity index (χ1n) is 12.2. The quantitative estimate of drug-likeness (QED) is 0.302. The second kappa shape index (κ2) is 9.19. The summed E-state index contributed by atoms with van der Waals surface area (Å²) in [6.07, 6.45) is 8.26. The number of aromatic amines is 1. The maximum atomic E-state index is 6.75. The van der Waals surface area contributed by atoms with Gasteiger partial charge in [-0.25, -0.2) is 9.97 Å². The van der Waals surface area contributed by atoms with Crippen LogP contribution in [0.2, 0.25) is 5.02 Å². The molecule has 0 amide bonds. The maximum absolute atomic E-state index is 6.75. The number of aryl methyl sites for hydroxylation is 1. The Kier molecular flexibility index (Phi) is 5.85. The molecule has 2 atom stereocenters. The summed E-state index contributed by atoms with van der Waals surface area (Å²) < 4.78 is 14.0. The highest BCUT2D eigenvalue weighted by atomic mass is 35.5. The molecule has 4 heterocycles. The average molecular weight is 503 g/mol. The summed E-state index contributed by atoms with van der Waals surface area (Å²) in [6, 6.07) is 9.38. The van der Waals surface area contributed by atoms with Gasteiger partial charge in [0.1, 0.15) is 27.9 Å². The van der Waals surface area contributed by atoms with Crippen LogP contribution in [0.1, 0.15) is 32.5 Å². The third-order valence-corrected chi connectivity index (χ3v) is 6.95. The number of nitrogens with one attached hydrogen (secondary N) is 1. The summed E-state index contributed by atoms with van der Waals surface area (Å²) in [6.45, 7) is 7.06. The molecule has 8 nitrogen and oxygen atoms in total. The fourth-order valence-electron chi connectivity index (χ4n) is 5.10. The topological polar surface area (TPSA) is 90.7 Å². The van der Waals surface area contributed by atoms with E-state index in [4.69, 9.17) is 26.1 Å². The second-order valence-corrected chi connectivity index (χ2v) is 10.0. The van der Waals surface area contributed by atoms with Crippen LogP contribution in [0.15, 0.2) is 48.9 Å². The van der Waals surface area contributed by atoms with E-state index in [1.807, 2.05) is 54.3 Å². The van der Waals surface area contributed by atoms with Gasteiger partial charge in [0.15, 0.2) is 0 Å². The summed E-state index contributed by atoms with van der Waals surface area (Å²) in [5, 5.41) is 5.00. The van der Waals surface area contributed by atoms with Crippen LogP contribution >= 0.6 is 11.6 Å². The van der Waals surface area contributed by atoms with E-state index in [-0.39, 0.29) is 12.2 Å². The van der Waals surface area contributed by atoms with Crippen LogP contribution in [0.25, 0.3) is 33.3 Å². The van der Waals surface area contributed by atoms with Crippen LogP contribution in [0.4, 0.5) is 0 Å². The Morgan fingerprint density at radius 3 is 2.72 bits per heavy atom. The van der Waals surface area contributed by atoms with Crippen molar-refractivity contribution in [2.75, 3.05) is 0 Å². The summed E-state index contributed by atoms with van der Waals surface area (Å²) in [4.78, 5) is 17.1. The van der Waals surface area contributed by atoms with E-state index >= 15 is 0 Å². The molecule has 36 heavy (non-hydrogen) atoms. The van der Waals surface area contributed by atoms with Crippen LogP contribution < -0.4 is 4.74 Å². The number of hydrogen-bond acceptors (Lipinski definition) is 6. The number of halogens is 1. The van der Waals surface area contributed by atoms with Gasteiger partial charge >= 0.3 is 0 Å². The predicted molar refractivity (Wildman–Crippen MR) is 139 cm³/mol. The van der Waals surface area contributed by atoms with Crippen molar-refractivity contribution < 1.29 is 9.47 Å². The Bertz CT molecular complexity index is 1550. The van der Waals surface area contributed by atoms with Gasteiger partial charge in [-0.2, -0.15) is 5.10 Å². The summed E-state index contributed by atoms with van der Waals surface area (Å²) in [5.41, 5.74) is 4.71. The molecule has 0 bridgehead atoms. The normalized spacial score (nSPS) is 20.3. The Morgan fingerprint density at radius 2 is 1.89 bits per heavy atom. The molecule has 184 valence electrons. The Hall–Kier alpha value is -3.49. The number of H-pyrrole nitrogens is 1. The van der Waals surface area contributed by atoms with Crippen molar-refractivity contribution >= 4 is 33.7 Å². The van der Waals surface area contributed by atoms with Crippen LogP contribution in [0.5, 0.6) is 11.5 Å². The molecule has 0 saturated carbocycles. The molecule has 1 N–H and O–H groups in total. The molecule has 6 rings (SSSR count). The fourth-order valence-corrected chi connectivity index (χ4v) is 5.34. The molecule has 0 radical (unpaired) electrons. The van der Waals surface area contributed by atoms with E-state index in [1.54, 1.807) is 6.20 Å². The summed E-state index contributed by atoms with van der Waals surface area (Å²) >= 11 is 6.75. The minimum absolute atomic E-state index is 0.282. The third-order valence-electron chi connectivity index (χ3n) is 6.59. The molecule has 3 aromatic heterocycles. The van der Waals surface area contributed by atoms with Gasteiger partial charge in [-0.15, -0.1) is 0 Å². The van der Waals surface area contributed by atoms with Crippen LogP contribution in [0.3, 0.4) is 0 Å². The van der Waals surface area contributed by atoms with Gasteiger partial charge in [-0.1, -0.05) is 11.6 Å². The lowest BCUT2D eigenvalue weighted by atomic mass is 9.93. The summed E-state index contributed by atoms with van der Waals surface area (Å²) in [7, 11) is 0. The van der Waals surface area contributed by atoms with E-state index in [0.717, 1.165) is 47.5 Å². The first-order chi connectivity index (χ1) is 17.4. The highest BCUT2D eigenvalue weighted by Crippen LogP contribution is 2.36. The van der Waals surface area contributed by atoms with Crippen molar-refractivity contribution in [3.8, 4) is 22.8 Å². The van der Waals surface area contributed by atoms with Crippen molar-refractivity contribution in [2.24, 2.45) is 5.92 Å². The zero-order valence-electron chi connectivity index (χ0n) is 20.4. The van der Waals surface area contributed by atoms with Crippen LogP contribution in [-0.4, -0.2) is 41.9 Å². The molecule has 1 aliphatic heterocycles. The van der Waals surface area contributed by atoms with Crippen molar-refractivity contribution in [2.45, 2.75) is 52.4 Å². The van der Waals surface area contributed by atoms with Gasteiger partial charge in [-0.3, -0.25) is 9.67 Å². The van der Waals surface area contributed by atoms with Crippen molar-refractivity contribution in [3.63, 3.8) is 0 Å². The average Bonchev–Trinajstić information content (AvgIpc) is 3.45. The molecule has 2 aromatic carbocycles. The minimum atomic E-state index is 0.282. The number of aromatic nitrogens is 6. The van der Waals surface area contributed by atoms with Gasteiger partial charge in [0.2, 0.25) is 0 Å². The largest absolute Gasteiger partial charge is 0.456 e. The molecular weight excluding hydrogens is 476 g/mol. The standard InChI is InChI=1S/C27H27ClN6O2/c1-15-8-18(9-16(2)35-15)13-34-14-19(11-30-34)24-12-29-22-6-7-25(26(28)27(22)33-24)36-20-4-5-21-23(10-20)32-17(3)31-21/h4-7,10-12,14-16,18H,8-9,13H2,1-3H3,(H,31,32). The van der Waals surface area contributed by atoms with Crippen molar-refractivity contribution in [3.05, 3.63) is 59.8 Å². The fraction of sp³-hybridized carbons (Fsp3) is 0.333. The molecular formula is C27H27ClN6O2. The molecule has 0 aliphatic carbocycles. The van der Waals surface area contributed by atoms with E-state index in [1.165, 1.54) is 0 Å². The number of imidazole rings is 1. The maximum Gasteiger partial charge on any atom is 0.148 e. The highest BCUT2D eigenvalue weighted by molar-refractivity contribution is 6.36. The third kappa shape index (κ3) is 4.54. The number of fused-ring (bicyclic) bond motifs is 2.